The number of nitrogens with one attached hydrogen (secondary N) is 1. The zero-order valence-electron chi connectivity index (χ0n) is 14.8. The Balaban J connectivity index is 1.35. The van der Waals surface area contributed by atoms with Crippen molar-refractivity contribution in [3.05, 3.63) is 17.6 Å². The van der Waals surface area contributed by atoms with Crippen LogP contribution in [-0.4, -0.2) is 35.1 Å². The SMILES string of the molecule is Cc1cc(N2CCCC(NC(C)[C@@H]3C[C@H]3C3CC3)C2)nc(C)n1. The van der Waals surface area contributed by atoms with E-state index in [1.165, 1.54) is 32.1 Å². The molecule has 23 heavy (non-hydrogen) atoms. The van der Waals surface area contributed by atoms with Crippen molar-refractivity contribution in [2.45, 2.75) is 65.0 Å². The molecule has 0 radical (unpaired) electrons. The van der Waals surface area contributed by atoms with Crippen LogP contribution in [0.5, 0.6) is 0 Å². The average Bonchev–Trinajstić information content (AvgIpc) is 3.36. The molecule has 3 aliphatic rings. The highest BCUT2D eigenvalue weighted by atomic mass is 15.2. The molecule has 2 unspecified atom stereocenters. The van der Waals surface area contributed by atoms with Crippen molar-refractivity contribution in [3.8, 4) is 0 Å². The first kappa shape index (κ1) is 15.4. The van der Waals surface area contributed by atoms with Crippen LogP contribution in [0.15, 0.2) is 6.07 Å². The number of hydrogen-bond acceptors (Lipinski definition) is 4. The number of nitrogens with zero attached hydrogens (tertiary/aromatic N) is 3. The Labute approximate surface area is 140 Å². The molecule has 1 saturated heterocycles. The van der Waals surface area contributed by atoms with Crippen LogP contribution in [0.4, 0.5) is 5.82 Å². The van der Waals surface area contributed by atoms with Crippen LogP contribution >= 0.6 is 0 Å². The third-order valence-corrected chi connectivity index (χ3v) is 5.96. The van der Waals surface area contributed by atoms with Crippen LogP contribution < -0.4 is 10.2 Å². The summed E-state index contributed by atoms with van der Waals surface area (Å²) < 4.78 is 0. The van der Waals surface area contributed by atoms with E-state index in [0.717, 1.165) is 48.2 Å². The standard InChI is InChI=1S/C19H30N4/c1-12-9-19(22-14(3)20-12)23-8-4-5-16(11-23)21-13(2)17-10-18(17)15-6-7-15/h9,13,15-18,21H,4-8,10-11H2,1-3H3/t13?,16?,17-,18-/m0/s1. The maximum Gasteiger partial charge on any atom is 0.132 e. The lowest BCUT2D eigenvalue weighted by Crippen LogP contribution is -2.49. The Morgan fingerprint density at radius 2 is 2.04 bits per heavy atom. The van der Waals surface area contributed by atoms with Gasteiger partial charge in [-0.15, -0.1) is 0 Å². The van der Waals surface area contributed by atoms with Gasteiger partial charge in [0.25, 0.3) is 0 Å². The van der Waals surface area contributed by atoms with E-state index in [2.05, 4.69) is 40.1 Å². The molecule has 2 heterocycles. The van der Waals surface area contributed by atoms with E-state index in [9.17, 15) is 0 Å². The maximum atomic E-state index is 4.65. The van der Waals surface area contributed by atoms with Gasteiger partial charge in [0.05, 0.1) is 0 Å². The monoisotopic (exact) mass is 314 g/mol. The smallest absolute Gasteiger partial charge is 0.132 e. The molecule has 4 heteroatoms. The summed E-state index contributed by atoms with van der Waals surface area (Å²) in [5.74, 6) is 5.06. The van der Waals surface area contributed by atoms with E-state index in [1.54, 1.807) is 0 Å². The summed E-state index contributed by atoms with van der Waals surface area (Å²) in [6.45, 7) is 8.66. The molecule has 4 rings (SSSR count). The summed E-state index contributed by atoms with van der Waals surface area (Å²) in [5.41, 5.74) is 1.07. The molecule has 1 aromatic rings. The zero-order valence-corrected chi connectivity index (χ0v) is 14.8. The number of aromatic nitrogens is 2. The molecule has 2 aliphatic carbocycles. The van der Waals surface area contributed by atoms with Crippen LogP contribution in [0.3, 0.4) is 0 Å². The van der Waals surface area contributed by atoms with E-state index in [-0.39, 0.29) is 0 Å². The quantitative estimate of drug-likeness (QED) is 0.907. The minimum Gasteiger partial charge on any atom is -0.355 e. The van der Waals surface area contributed by atoms with Crippen LogP contribution in [-0.2, 0) is 0 Å². The molecule has 3 fully saturated rings. The lowest BCUT2D eigenvalue weighted by molar-refractivity contribution is 0.353. The first-order chi connectivity index (χ1) is 11.1. The minimum atomic E-state index is 0.606. The van der Waals surface area contributed by atoms with Crippen LogP contribution in [0.2, 0.25) is 0 Å². The van der Waals surface area contributed by atoms with Crippen LogP contribution in [0, 0.1) is 31.6 Å². The van der Waals surface area contributed by atoms with E-state index in [0.29, 0.717) is 12.1 Å². The molecule has 4 atom stereocenters. The molecule has 0 amide bonds. The molecular weight excluding hydrogens is 284 g/mol. The summed E-state index contributed by atoms with van der Waals surface area (Å²) in [6, 6.07) is 3.41. The molecular formula is C19H30N4. The van der Waals surface area contributed by atoms with Gasteiger partial charge in [-0.25, -0.2) is 9.97 Å². The van der Waals surface area contributed by atoms with Gasteiger partial charge in [0, 0.05) is 36.9 Å². The van der Waals surface area contributed by atoms with Gasteiger partial charge in [-0.1, -0.05) is 0 Å². The van der Waals surface area contributed by atoms with Crippen molar-refractivity contribution in [1.29, 1.82) is 0 Å². The average molecular weight is 314 g/mol. The zero-order chi connectivity index (χ0) is 16.0. The van der Waals surface area contributed by atoms with E-state index < -0.39 is 0 Å². The largest absolute Gasteiger partial charge is 0.355 e. The number of anilines is 1. The van der Waals surface area contributed by atoms with Gasteiger partial charge >= 0.3 is 0 Å². The fraction of sp³-hybridized carbons (Fsp3) is 0.789. The minimum absolute atomic E-state index is 0.606. The van der Waals surface area contributed by atoms with Gasteiger partial charge in [-0.3, -0.25) is 0 Å². The summed E-state index contributed by atoms with van der Waals surface area (Å²) in [6.07, 6.45) is 7.02. The first-order valence-electron chi connectivity index (χ1n) is 9.43. The lowest BCUT2D eigenvalue weighted by atomic mass is 10.0. The molecule has 0 bridgehead atoms. The fourth-order valence-electron chi connectivity index (χ4n) is 4.55. The second-order valence-electron chi connectivity index (χ2n) is 8.06. The summed E-state index contributed by atoms with van der Waals surface area (Å²) in [7, 11) is 0. The first-order valence-corrected chi connectivity index (χ1v) is 9.43. The van der Waals surface area contributed by atoms with Crippen molar-refractivity contribution in [2.24, 2.45) is 17.8 Å². The lowest BCUT2D eigenvalue weighted by Gasteiger charge is -2.35. The van der Waals surface area contributed by atoms with Gasteiger partial charge < -0.3 is 10.2 Å². The number of hydrogen-bond donors (Lipinski definition) is 1. The Kier molecular flexibility index (Phi) is 4.04. The second-order valence-corrected chi connectivity index (χ2v) is 8.06. The normalized spacial score (nSPS) is 32.0. The number of aryl methyl sites for hydroxylation is 2. The Morgan fingerprint density at radius 1 is 1.22 bits per heavy atom. The van der Waals surface area contributed by atoms with E-state index in [4.69, 9.17) is 0 Å². The van der Waals surface area contributed by atoms with Crippen molar-refractivity contribution in [2.75, 3.05) is 18.0 Å². The van der Waals surface area contributed by atoms with E-state index >= 15 is 0 Å². The van der Waals surface area contributed by atoms with Crippen molar-refractivity contribution >= 4 is 5.82 Å². The molecule has 0 aromatic carbocycles. The Hall–Kier alpha value is -1.16. The van der Waals surface area contributed by atoms with Crippen molar-refractivity contribution in [3.63, 3.8) is 0 Å². The molecule has 2 saturated carbocycles. The fourth-order valence-corrected chi connectivity index (χ4v) is 4.55. The molecule has 1 aromatic heterocycles. The summed E-state index contributed by atoms with van der Waals surface area (Å²) in [5, 5.41) is 3.94. The third kappa shape index (κ3) is 3.52. The topological polar surface area (TPSA) is 41.0 Å². The van der Waals surface area contributed by atoms with Gasteiger partial charge in [-0.05, 0) is 70.6 Å². The third-order valence-electron chi connectivity index (χ3n) is 5.96. The summed E-state index contributed by atoms with van der Waals surface area (Å²) >= 11 is 0. The van der Waals surface area contributed by atoms with Gasteiger partial charge in [0.15, 0.2) is 0 Å². The predicted octanol–water partition coefficient (Wildman–Crippen LogP) is 3.09. The van der Waals surface area contributed by atoms with Gasteiger partial charge in [-0.2, -0.15) is 0 Å². The van der Waals surface area contributed by atoms with Crippen LogP contribution in [0.1, 0.15) is 50.5 Å². The van der Waals surface area contributed by atoms with Gasteiger partial charge in [0.1, 0.15) is 11.6 Å². The Bertz CT molecular complexity index is 548. The maximum absolute atomic E-state index is 4.65. The molecule has 1 aliphatic heterocycles. The summed E-state index contributed by atoms with van der Waals surface area (Å²) in [4.78, 5) is 11.5. The van der Waals surface area contributed by atoms with Crippen molar-refractivity contribution in [1.82, 2.24) is 15.3 Å². The molecule has 1 N–H and O–H groups in total. The second kappa shape index (κ2) is 6.04. The van der Waals surface area contributed by atoms with Crippen LogP contribution in [0.25, 0.3) is 0 Å². The van der Waals surface area contributed by atoms with E-state index in [1.807, 2.05) is 6.92 Å². The highest BCUT2D eigenvalue weighted by Gasteiger charge is 2.49. The highest BCUT2D eigenvalue weighted by molar-refractivity contribution is 5.40. The number of piperidine rings is 1. The van der Waals surface area contributed by atoms with Crippen molar-refractivity contribution < 1.29 is 0 Å². The Morgan fingerprint density at radius 3 is 2.78 bits per heavy atom. The highest BCUT2D eigenvalue weighted by Crippen LogP contribution is 2.55. The number of rotatable bonds is 5. The molecule has 4 nitrogen and oxygen atoms in total. The van der Waals surface area contributed by atoms with Gasteiger partial charge in [0.2, 0.25) is 0 Å². The predicted molar refractivity (Wildman–Crippen MR) is 93.7 cm³/mol. The molecule has 126 valence electrons. The molecule has 0 spiro atoms.